The zero-order valence-corrected chi connectivity index (χ0v) is 22.7. The van der Waals surface area contributed by atoms with E-state index in [2.05, 4.69) is 0 Å². The molecule has 1 N–H and O–H groups in total. The van der Waals surface area contributed by atoms with Crippen LogP contribution in [0.4, 0.5) is 13.2 Å². The number of carbonyl (C=O) groups is 1. The summed E-state index contributed by atoms with van der Waals surface area (Å²) in [6.07, 6.45) is -4.51. The molecular weight excluding hydrogens is 525 g/mol. The van der Waals surface area contributed by atoms with Crippen molar-refractivity contribution < 1.29 is 42.0 Å². The molecule has 1 heterocycles. The molecule has 38 heavy (non-hydrogen) atoms. The lowest BCUT2D eigenvalue weighted by Gasteiger charge is -2.42. The molecule has 0 spiro atoms. The van der Waals surface area contributed by atoms with E-state index < -0.39 is 29.5 Å². The third-order valence-corrected chi connectivity index (χ3v) is 7.35. The van der Waals surface area contributed by atoms with Crippen LogP contribution in [0.15, 0.2) is 36.4 Å². The molecule has 2 unspecified atom stereocenters. The van der Waals surface area contributed by atoms with Gasteiger partial charge in [0.2, 0.25) is 5.60 Å². The summed E-state index contributed by atoms with van der Waals surface area (Å²) in [7, 11) is 0. The van der Waals surface area contributed by atoms with Crippen LogP contribution in [-0.4, -0.2) is 41.7 Å². The van der Waals surface area contributed by atoms with Gasteiger partial charge in [-0.15, -0.1) is 0 Å². The summed E-state index contributed by atoms with van der Waals surface area (Å²) in [4.78, 5) is 11.4. The van der Waals surface area contributed by atoms with Crippen molar-refractivity contribution >= 4 is 17.6 Å². The molecule has 2 aromatic rings. The minimum Gasteiger partial charge on any atom is -0.493 e. The Kier molecular flexibility index (Phi) is 9.47. The van der Waals surface area contributed by atoms with Gasteiger partial charge < -0.3 is 24.1 Å². The van der Waals surface area contributed by atoms with E-state index >= 15 is 0 Å². The zero-order chi connectivity index (χ0) is 28.1. The second-order valence-corrected chi connectivity index (χ2v) is 10.0. The number of hydrogen-bond donors (Lipinski definition) is 1. The van der Waals surface area contributed by atoms with Crippen molar-refractivity contribution in [2.45, 2.75) is 83.3 Å². The van der Waals surface area contributed by atoms with Crippen LogP contribution >= 0.6 is 11.6 Å². The topological polar surface area (TPSA) is 74.2 Å². The van der Waals surface area contributed by atoms with Crippen LogP contribution in [0.3, 0.4) is 0 Å². The van der Waals surface area contributed by atoms with Crippen molar-refractivity contribution in [3.05, 3.63) is 52.5 Å². The first-order chi connectivity index (χ1) is 17.9. The Morgan fingerprint density at radius 1 is 1.08 bits per heavy atom. The maximum Gasteiger partial charge on any atom is 0.418 e. The average Bonchev–Trinajstić information content (AvgIpc) is 2.88. The Balaban J connectivity index is 1.58. The van der Waals surface area contributed by atoms with Gasteiger partial charge in [0.15, 0.2) is 6.10 Å². The van der Waals surface area contributed by atoms with Gasteiger partial charge in [0, 0.05) is 12.8 Å². The predicted molar refractivity (Wildman–Crippen MR) is 137 cm³/mol. The zero-order valence-electron chi connectivity index (χ0n) is 22.0. The van der Waals surface area contributed by atoms with Crippen molar-refractivity contribution in [3.63, 3.8) is 0 Å². The van der Waals surface area contributed by atoms with Crippen LogP contribution in [-0.2, 0) is 16.0 Å². The highest BCUT2D eigenvalue weighted by atomic mass is 35.5. The van der Waals surface area contributed by atoms with Crippen molar-refractivity contribution in [1.29, 1.82) is 0 Å². The van der Waals surface area contributed by atoms with Gasteiger partial charge in [0.25, 0.3) is 0 Å². The number of hydrogen-bond acceptors (Lipinski definition) is 5. The molecule has 1 aliphatic heterocycles. The third-order valence-electron chi connectivity index (χ3n) is 7.05. The first kappa shape index (κ1) is 29.9. The number of ether oxygens (including phenoxy) is 4. The highest BCUT2D eigenvalue weighted by Crippen LogP contribution is 2.49. The van der Waals surface area contributed by atoms with Gasteiger partial charge in [-0.1, -0.05) is 32.4 Å². The second kappa shape index (κ2) is 12.0. The minimum atomic E-state index is -4.55. The normalized spacial score (nSPS) is 18.3. The summed E-state index contributed by atoms with van der Waals surface area (Å²) in [6, 6.07) is 9.54. The molecule has 210 valence electrons. The van der Waals surface area contributed by atoms with Crippen LogP contribution in [0.5, 0.6) is 17.2 Å². The molecule has 0 saturated carbocycles. The van der Waals surface area contributed by atoms with Crippen LogP contribution in [0, 0.1) is 0 Å². The number of halogens is 4. The van der Waals surface area contributed by atoms with Crippen LogP contribution < -0.4 is 14.2 Å². The molecular formula is C28H34ClF3O6. The molecule has 0 radical (unpaired) electrons. The number of alkyl halides is 3. The smallest absolute Gasteiger partial charge is 0.418 e. The quantitative estimate of drug-likeness (QED) is 0.271. The fourth-order valence-electron chi connectivity index (χ4n) is 4.29. The maximum absolute atomic E-state index is 13.8. The van der Waals surface area contributed by atoms with E-state index in [4.69, 9.17) is 30.5 Å². The van der Waals surface area contributed by atoms with E-state index in [1.54, 1.807) is 37.3 Å². The largest absolute Gasteiger partial charge is 0.493 e. The Labute approximate surface area is 226 Å². The van der Waals surface area contributed by atoms with Crippen LogP contribution in [0.2, 0.25) is 5.02 Å². The molecule has 0 bridgehead atoms. The molecule has 2 atom stereocenters. The van der Waals surface area contributed by atoms with Gasteiger partial charge in [0.05, 0.1) is 23.8 Å². The van der Waals surface area contributed by atoms with Gasteiger partial charge in [-0.05, 0) is 73.7 Å². The van der Waals surface area contributed by atoms with Crippen LogP contribution in [0.25, 0.3) is 0 Å². The first-order valence-corrected chi connectivity index (χ1v) is 13.1. The first-order valence-electron chi connectivity index (χ1n) is 12.7. The van der Waals surface area contributed by atoms with Crippen molar-refractivity contribution in [3.8, 4) is 17.2 Å². The molecule has 0 saturated heterocycles. The standard InChI is InChI=1S/C28H34ClF3O6/c1-5-26(4,25(33)34)37-20-11-9-19(10-12-20)35-13-8-14-36-23-15-18-17-27(6-2,7-3)38-24(28(30,31)32)21(18)16-22(23)29/h9-12,15-16,24H,5-8,13-14,17H2,1-4H3,(H,33,34). The van der Waals surface area contributed by atoms with Crippen LogP contribution in [0.1, 0.15) is 70.6 Å². The highest BCUT2D eigenvalue weighted by Gasteiger charge is 2.50. The lowest BCUT2D eigenvalue weighted by Crippen LogP contribution is -2.43. The summed E-state index contributed by atoms with van der Waals surface area (Å²) < 4.78 is 64.1. The molecule has 6 nitrogen and oxygen atoms in total. The Morgan fingerprint density at radius 2 is 1.68 bits per heavy atom. The molecule has 2 aromatic carbocycles. The molecule has 10 heteroatoms. The number of rotatable bonds is 12. The predicted octanol–water partition coefficient (Wildman–Crippen LogP) is 7.55. The fraction of sp³-hybridized carbons (Fsp3) is 0.536. The summed E-state index contributed by atoms with van der Waals surface area (Å²) in [6.45, 7) is 7.48. The van der Waals surface area contributed by atoms with E-state index in [1.807, 2.05) is 13.8 Å². The number of fused-ring (bicyclic) bond motifs is 1. The molecule has 1 aliphatic rings. The van der Waals surface area contributed by atoms with E-state index in [1.165, 1.54) is 13.0 Å². The fourth-order valence-corrected chi connectivity index (χ4v) is 4.52. The van der Waals surface area contributed by atoms with Crippen molar-refractivity contribution in [2.24, 2.45) is 0 Å². The average molecular weight is 559 g/mol. The Morgan fingerprint density at radius 3 is 2.24 bits per heavy atom. The van der Waals surface area contributed by atoms with Gasteiger partial charge >= 0.3 is 12.1 Å². The van der Waals surface area contributed by atoms with Gasteiger partial charge in [-0.2, -0.15) is 13.2 Å². The summed E-state index contributed by atoms with van der Waals surface area (Å²) in [5.41, 5.74) is -1.64. The van der Waals surface area contributed by atoms with Crippen molar-refractivity contribution in [2.75, 3.05) is 13.2 Å². The summed E-state index contributed by atoms with van der Waals surface area (Å²) in [5.74, 6) is 0.283. The highest BCUT2D eigenvalue weighted by molar-refractivity contribution is 6.32. The Hall–Kier alpha value is -2.65. The Bertz CT molecular complexity index is 1100. The van der Waals surface area contributed by atoms with E-state index in [9.17, 15) is 23.1 Å². The lowest BCUT2D eigenvalue weighted by molar-refractivity contribution is -0.264. The van der Waals surface area contributed by atoms with E-state index in [-0.39, 0.29) is 17.2 Å². The summed E-state index contributed by atoms with van der Waals surface area (Å²) in [5, 5.41) is 9.44. The maximum atomic E-state index is 13.8. The third kappa shape index (κ3) is 6.86. The monoisotopic (exact) mass is 558 g/mol. The van der Waals surface area contributed by atoms with Gasteiger partial charge in [0.1, 0.15) is 17.2 Å². The minimum absolute atomic E-state index is 0.0331. The van der Waals surface area contributed by atoms with Crippen molar-refractivity contribution in [1.82, 2.24) is 0 Å². The molecule has 0 amide bonds. The number of carboxylic acid groups (broad SMARTS) is 1. The molecule has 0 fully saturated rings. The lowest BCUT2D eigenvalue weighted by atomic mass is 9.82. The number of benzene rings is 2. The number of carboxylic acids is 1. The number of aliphatic carboxylic acids is 1. The van der Waals surface area contributed by atoms with E-state index in [0.29, 0.717) is 61.5 Å². The molecule has 3 rings (SSSR count). The van der Waals surface area contributed by atoms with Gasteiger partial charge in [-0.25, -0.2) is 4.79 Å². The second-order valence-electron chi connectivity index (χ2n) is 9.60. The molecule has 0 aromatic heterocycles. The van der Waals surface area contributed by atoms with E-state index in [0.717, 1.165) is 0 Å². The summed E-state index contributed by atoms with van der Waals surface area (Å²) >= 11 is 6.29. The SMILES string of the molecule is CCC1(CC)Cc2cc(OCCCOc3ccc(OC(C)(CC)C(=O)O)cc3)c(Cl)cc2C(C(F)(F)F)O1. The van der Waals surface area contributed by atoms with Gasteiger partial charge in [-0.3, -0.25) is 0 Å². The molecule has 0 aliphatic carbocycles.